The summed E-state index contributed by atoms with van der Waals surface area (Å²) in [6, 6.07) is 6.60. The van der Waals surface area contributed by atoms with Crippen LogP contribution >= 0.6 is 11.8 Å². The van der Waals surface area contributed by atoms with Gasteiger partial charge in [0, 0.05) is 19.6 Å². The number of aliphatic carboxylic acids is 1. The van der Waals surface area contributed by atoms with Crippen LogP contribution in [0.4, 0.5) is 4.39 Å². The SMILES string of the molecule is CCSC1=C(C(=O)O)C(C)=CC(N2CCOCC2)N1CCCc1ccc(F)cc1. The van der Waals surface area contributed by atoms with E-state index in [1.807, 2.05) is 26.0 Å². The van der Waals surface area contributed by atoms with Gasteiger partial charge in [-0.25, -0.2) is 9.18 Å². The molecule has 1 N–H and O–H groups in total. The summed E-state index contributed by atoms with van der Waals surface area (Å²) in [7, 11) is 0. The second-order valence-electron chi connectivity index (χ2n) is 7.25. The molecule has 2 aliphatic heterocycles. The molecule has 2 heterocycles. The number of hydrogen-bond donors (Lipinski definition) is 1. The van der Waals surface area contributed by atoms with Gasteiger partial charge in [0.15, 0.2) is 0 Å². The third-order valence-electron chi connectivity index (χ3n) is 5.28. The quantitative estimate of drug-likeness (QED) is 0.692. The lowest BCUT2D eigenvalue weighted by molar-refractivity contribution is -0.132. The molecule has 1 saturated heterocycles. The van der Waals surface area contributed by atoms with Gasteiger partial charge in [-0.05, 0) is 54.9 Å². The number of carboxylic acids is 1. The first-order chi connectivity index (χ1) is 14.0. The van der Waals surface area contributed by atoms with Gasteiger partial charge in [0.05, 0.1) is 23.8 Å². The largest absolute Gasteiger partial charge is 0.478 e. The van der Waals surface area contributed by atoms with Crippen molar-refractivity contribution >= 4 is 17.7 Å². The first kappa shape index (κ1) is 21.9. The summed E-state index contributed by atoms with van der Waals surface area (Å²) < 4.78 is 18.7. The number of benzene rings is 1. The van der Waals surface area contributed by atoms with Gasteiger partial charge in [0.25, 0.3) is 0 Å². The van der Waals surface area contributed by atoms with Crippen LogP contribution in [0, 0.1) is 5.82 Å². The average Bonchev–Trinajstić information content (AvgIpc) is 2.71. The van der Waals surface area contributed by atoms with E-state index in [0.717, 1.165) is 54.4 Å². The Morgan fingerprint density at radius 1 is 1.28 bits per heavy atom. The number of thioether (sulfide) groups is 1. The fraction of sp³-hybridized carbons (Fsp3) is 0.500. The molecule has 3 rings (SSSR count). The van der Waals surface area contributed by atoms with Crippen LogP contribution in [0.25, 0.3) is 0 Å². The Bertz CT molecular complexity index is 773. The Kier molecular flexibility index (Phi) is 7.75. The van der Waals surface area contributed by atoms with Crippen molar-refractivity contribution in [2.75, 3.05) is 38.6 Å². The summed E-state index contributed by atoms with van der Waals surface area (Å²) >= 11 is 1.59. The Balaban J connectivity index is 1.82. The van der Waals surface area contributed by atoms with Crippen molar-refractivity contribution in [1.29, 1.82) is 0 Å². The fourth-order valence-electron chi connectivity index (χ4n) is 3.86. The van der Waals surface area contributed by atoms with Crippen molar-refractivity contribution in [3.05, 3.63) is 57.9 Å². The van der Waals surface area contributed by atoms with Crippen molar-refractivity contribution in [3.63, 3.8) is 0 Å². The minimum atomic E-state index is -0.876. The zero-order chi connectivity index (χ0) is 20.8. The highest BCUT2D eigenvalue weighted by Crippen LogP contribution is 2.36. The Morgan fingerprint density at radius 2 is 1.97 bits per heavy atom. The van der Waals surface area contributed by atoms with Gasteiger partial charge in [-0.1, -0.05) is 19.1 Å². The number of carbonyl (C=O) groups is 1. The van der Waals surface area contributed by atoms with Gasteiger partial charge in [0.1, 0.15) is 12.0 Å². The van der Waals surface area contributed by atoms with E-state index in [0.29, 0.717) is 18.8 Å². The predicted molar refractivity (Wildman–Crippen MR) is 114 cm³/mol. The van der Waals surface area contributed by atoms with Crippen molar-refractivity contribution < 1.29 is 19.0 Å². The number of carboxylic acid groups (broad SMARTS) is 1. The van der Waals surface area contributed by atoms with E-state index in [-0.39, 0.29) is 12.0 Å². The molecule has 7 heteroatoms. The summed E-state index contributed by atoms with van der Waals surface area (Å²) in [5.41, 5.74) is 2.31. The lowest BCUT2D eigenvalue weighted by Crippen LogP contribution is -2.52. The van der Waals surface area contributed by atoms with Crippen molar-refractivity contribution in [2.24, 2.45) is 0 Å². The maximum atomic E-state index is 13.2. The molecule has 1 aromatic rings. The minimum Gasteiger partial charge on any atom is -0.478 e. The summed E-state index contributed by atoms with van der Waals surface area (Å²) in [5, 5.41) is 10.7. The van der Waals surface area contributed by atoms with E-state index >= 15 is 0 Å². The molecule has 0 amide bonds. The molecular formula is C22H29FN2O3S. The monoisotopic (exact) mass is 420 g/mol. The van der Waals surface area contributed by atoms with Crippen LogP contribution in [-0.4, -0.2) is 65.6 Å². The molecule has 1 fully saturated rings. The molecule has 0 bridgehead atoms. The van der Waals surface area contributed by atoms with Crippen molar-refractivity contribution in [1.82, 2.24) is 9.80 Å². The lowest BCUT2D eigenvalue weighted by atomic mass is 10.0. The molecule has 0 saturated carbocycles. The molecule has 1 atom stereocenters. The third-order valence-corrected chi connectivity index (χ3v) is 6.28. The van der Waals surface area contributed by atoms with Crippen LogP contribution in [0.15, 0.2) is 46.5 Å². The van der Waals surface area contributed by atoms with Gasteiger partial charge >= 0.3 is 5.97 Å². The topological polar surface area (TPSA) is 53.0 Å². The number of ether oxygens (including phenoxy) is 1. The summed E-state index contributed by atoms with van der Waals surface area (Å²) in [6.45, 7) is 7.72. The van der Waals surface area contributed by atoms with Gasteiger partial charge in [-0.2, -0.15) is 0 Å². The molecule has 29 heavy (non-hydrogen) atoms. The average molecular weight is 421 g/mol. The summed E-state index contributed by atoms with van der Waals surface area (Å²) in [4.78, 5) is 16.6. The highest BCUT2D eigenvalue weighted by molar-refractivity contribution is 8.03. The number of morpholine rings is 1. The van der Waals surface area contributed by atoms with E-state index in [9.17, 15) is 14.3 Å². The van der Waals surface area contributed by atoms with Gasteiger partial charge in [-0.15, -0.1) is 11.8 Å². The number of hydrogen-bond acceptors (Lipinski definition) is 5. The maximum Gasteiger partial charge on any atom is 0.338 e. The van der Waals surface area contributed by atoms with E-state index in [1.54, 1.807) is 11.8 Å². The van der Waals surface area contributed by atoms with Gasteiger partial charge < -0.3 is 14.7 Å². The molecule has 0 aliphatic carbocycles. The van der Waals surface area contributed by atoms with Crippen LogP contribution in [-0.2, 0) is 16.0 Å². The number of halogens is 1. The number of aryl methyl sites for hydroxylation is 1. The van der Waals surface area contributed by atoms with Crippen molar-refractivity contribution in [3.8, 4) is 0 Å². The van der Waals surface area contributed by atoms with E-state index in [4.69, 9.17) is 4.74 Å². The molecule has 2 aliphatic rings. The normalized spacial score (nSPS) is 20.7. The van der Waals surface area contributed by atoms with Crippen LogP contribution in [0.2, 0.25) is 0 Å². The first-order valence-electron chi connectivity index (χ1n) is 10.1. The Labute approximate surface area is 176 Å². The highest BCUT2D eigenvalue weighted by atomic mass is 32.2. The molecule has 1 unspecified atom stereocenters. The molecule has 0 spiro atoms. The zero-order valence-electron chi connectivity index (χ0n) is 17.1. The summed E-state index contributed by atoms with van der Waals surface area (Å²) in [5.74, 6) is -0.295. The van der Waals surface area contributed by atoms with Crippen LogP contribution < -0.4 is 0 Å². The Morgan fingerprint density at radius 3 is 2.59 bits per heavy atom. The second kappa shape index (κ2) is 10.3. The van der Waals surface area contributed by atoms with Crippen LogP contribution in [0.1, 0.15) is 25.8 Å². The molecule has 1 aromatic carbocycles. The molecule has 0 aromatic heterocycles. The number of nitrogens with zero attached hydrogens (tertiary/aromatic N) is 2. The van der Waals surface area contributed by atoms with Crippen LogP contribution in [0.3, 0.4) is 0 Å². The van der Waals surface area contributed by atoms with E-state index in [2.05, 4.69) is 15.9 Å². The van der Waals surface area contributed by atoms with E-state index < -0.39 is 5.97 Å². The smallest absolute Gasteiger partial charge is 0.338 e. The minimum absolute atomic E-state index is 0.0317. The zero-order valence-corrected chi connectivity index (χ0v) is 17.9. The van der Waals surface area contributed by atoms with E-state index in [1.165, 1.54) is 12.1 Å². The third kappa shape index (κ3) is 5.41. The lowest BCUT2D eigenvalue weighted by Gasteiger charge is -2.44. The van der Waals surface area contributed by atoms with Crippen LogP contribution in [0.5, 0.6) is 0 Å². The first-order valence-corrected chi connectivity index (χ1v) is 11.1. The van der Waals surface area contributed by atoms with Gasteiger partial charge in [-0.3, -0.25) is 4.90 Å². The molecular weight excluding hydrogens is 391 g/mol. The highest BCUT2D eigenvalue weighted by Gasteiger charge is 2.34. The Hall–Kier alpha value is -1.83. The molecule has 158 valence electrons. The standard InChI is InChI=1S/C22H29FN2O3S/c1-3-29-21-20(22(26)27)16(2)15-19(24-11-13-28-14-12-24)25(21)10-4-5-17-6-8-18(23)9-7-17/h6-9,15,19H,3-5,10-14H2,1-2H3,(H,26,27). The maximum absolute atomic E-state index is 13.2. The fourth-order valence-corrected chi connectivity index (χ4v) is 4.90. The molecule has 5 nitrogen and oxygen atoms in total. The number of rotatable bonds is 8. The molecule has 0 radical (unpaired) electrons. The van der Waals surface area contributed by atoms with Gasteiger partial charge in [0.2, 0.25) is 0 Å². The summed E-state index contributed by atoms with van der Waals surface area (Å²) in [6.07, 6.45) is 3.79. The second-order valence-corrected chi connectivity index (χ2v) is 8.51. The van der Waals surface area contributed by atoms with Crippen molar-refractivity contribution in [2.45, 2.75) is 32.9 Å². The predicted octanol–water partition coefficient (Wildman–Crippen LogP) is 3.73.